The molecule has 0 unspecified atom stereocenters. The minimum absolute atomic E-state index is 0.0432. The van der Waals surface area contributed by atoms with E-state index in [1.165, 1.54) is 48.5 Å². The van der Waals surface area contributed by atoms with E-state index in [1.807, 2.05) is 6.92 Å². The third-order valence-electron chi connectivity index (χ3n) is 7.21. The van der Waals surface area contributed by atoms with Gasteiger partial charge in [-0.15, -0.1) is 0 Å². The number of carbonyl (C=O) groups excluding carboxylic acids is 2. The maximum Gasteiger partial charge on any atom is 0.343 e. The van der Waals surface area contributed by atoms with Crippen molar-refractivity contribution in [2.24, 2.45) is 0 Å². The number of nitrogens with zero attached hydrogens (tertiary/aromatic N) is 3. The number of carbonyl (C=O) groups is 2. The van der Waals surface area contributed by atoms with Crippen molar-refractivity contribution in [2.45, 2.75) is 25.7 Å². The fourth-order valence-electron chi connectivity index (χ4n) is 5.26. The number of benzene rings is 5. The molecule has 0 spiro atoms. The molecule has 0 bridgehead atoms. The Kier molecular flexibility index (Phi) is 8.35. The molecule has 5 aromatic rings. The second kappa shape index (κ2) is 12.2. The number of ether oxygens (including phenoxy) is 1. The minimum Gasteiger partial charge on any atom is -0.422 e. The van der Waals surface area contributed by atoms with Crippen LogP contribution in [-0.4, -0.2) is 30.1 Å². The zero-order valence-electron chi connectivity index (χ0n) is 24.7. The third-order valence-corrected chi connectivity index (χ3v) is 9.21. The van der Waals surface area contributed by atoms with Crippen LogP contribution in [0.3, 0.4) is 0 Å². The molecule has 46 heavy (non-hydrogen) atoms. The summed E-state index contributed by atoms with van der Waals surface area (Å²) in [5.41, 5.74) is 1.05. The number of amides is 1. The van der Waals surface area contributed by atoms with Crippen LogP contribution in [0, 0.1) is 41.0 Å². The lowest BCUT2D eigenvalue weighted by Crippen LogP contribution is -2.38. The Hall–Kier alpha value is -5.95. The molecule has 0 N–H and O–H groups in total. The summed E-state index contributed by atoms with van der Waals surface area (Å²) in [5, 5.41) is 22.8. The van der Waals surface area contributed by atoms with E-state index < -0.39 is 31.7 Å². The second-order valence-corrected chi connectivity index (χ2v) is 12.2. The van der Waals surface area contributed by atoms with Gasteiger partial charge in [-0.2, -0.15) is 4.31 Å². The Labute approximate surface area is 262 Å². The molecule has 0 atom stereocenters. The Morgan fingerprint density at radius 1 is 0.696 bits per heavy atom. The van der Waals surface area contributed by atoms with E-state index in [0.29, 0.717) is 20.8 Å². The van der Waals surface area contributed by atoms with E-state index in [1.54, 1.807) is 50.2 Å². The van der Waals surface area contributed by atoms with Gasteiger partial charge in [0.1, 0.15) is 5.75 Å². The predicted octanol–water partition coefficient (Wildman–Crippen LogP) is 6.84. The molecule has 1 amide bonds. The van der Waals surface area contributed by atoms with E-state index in [2.05, 4.69) is 0 Å². The first-order valence-electron chi connectivity index (χ1n) is 13.7. The van der Waals surface area contributed by atoms with Crippen LogP contribution >= 0.6 is 0 Å². The van der Waals surface area contributed by atoms with Gasteiger partial charge in [-0.3, -0.25) is 25.0 Å². The molecule has 5 rings (SSSR count). The number of hydrogen-bond donors (Lipinski definition) is 0. The molecule has 0 saturated heterocycles. The van der Waals surface area contributed by atoms with Crippen molar-refractivity contribution >= 4 is 49.7 Å². The lowest BCUT2D eigenvalue weighted by atomic mass is 10.1. The summed E-state index contributed by atoms with van der Waals surface area (Å²) in [6.07, 6.45) is 0. The average Bonchev–Trinajstić information content (AvgIpc) is 3.01. The zero-order chi connectivity index (χ0) is 33.3. The third kappa shape index (κ3) is 5.90. The molecule has 0 aliphatic heterocycles. The van der Waals surface area contributed by atoms with Crippen molar-refractivity contribution in [1.82, 2.24) is 0 Å². The maximum absolute atomic E-state index is 14.5. The molecule has 0 heterocycles. The van der Waals surface area contributed by atoms with Gasteiger partial charge in [0, 0.05) is 40.6 Å². The number of anilines is 1. The largest absolute Gasteiger partial charge is 0.422 e. The fourth-order valence-corrected chi connectivity index (χ4v) is 7.11. The summed E-state index contributed by atoms with van der Waals surface area (Å²) >= 11 is 0. The zero-order valence-corrected chi connectivity index (χ0v) is 25.5. The molecular weight excluding hydrogens is 614 g/mol. The number of esters is 1. The molecule has 5 aromatic carbocycles. The monoisotopic (exact) mass is 639 g/mol. The van der Waals surface area contributed by atoms with E-state index in [9.17, 15) is 38.2 Å². The molecule has 0 aliphatic rings. The highest BCUT2D eigenvalue weighted by Gasteiger charge is 2.36. The molecule has 0 radical (unpaired) electrons. The van der Waals surface area contributed by atoms with Crippen molar-refractivity contribution in [3.63, 3.8) is 0 Å². The summed E-state index contributed by atoms with van der Waals surface area (Å²) in [6.45, 7) is 5.07. The summed E-state index contributed by atoms with van der Waals surface area (Å²) < 4.78 is 35.3. The van der Waals surface area contributed by atoms with E-state index in [0.717, 1.165) is 17.7 Å². The number of sulfonamides is 1. The van der Waals surface area contributed by atoms with Crippen LogP contribution in [0.1, 0.15) is 37.4 Å². The molecule has 0 fully saturated rings. The summed E-state index contributed by atoms with van der Waals surface area (Å²) in [4.78, 5) is 48.0. The van der Waals surface area contributed by atoms with Gasteiger partial charge in [-0.1, -0.05) is 42.0 Å². The fraction of sp³-hybridized carbons (Fsp3) is 0.0909. The van der Waals surface area contributed by atoms with Gasteiger partial charge in [0.2, 0.25) is 0 Å². The van der Waals surface area contributed by atoms with E-state index in [4.69, 9.17) is 4.74 Å². The maximum atomic E-state index is 14.5. The average molecular weight is 640 g/mol. The van der Waals surface area contributed by atoms with Crippen molar-refractivity contribution < 1.29 is 32.6 Å². The molecule has 0 aromatic heterocycles. The van der Waals surface area contributed by atoms with Crippen LogP contribution in [0.25, 0.3) is 10.8 Å². The quantitative estimate of drug-likeness (QED) is 0.0764. The number of rotatable bonds is 8. The van der Waals surface area contributed by atoms with Gasteiger partial charge in [0.05, 0.1) is 26.0 Å². The number of hydrogen-bond acceptors (Lipinski definition) is 9. The first kappa shape index (κ1) is 31.5. The molecule has 13 heteroatoms. The van der Waals surface area contributed by atoms with Crippen molar-refractivity contribution in [3.05, 3.63) is 145 Å². The molecular formula is C33H25N3O9S. The van der Waals surface area contributed by atoms with Gasteiger partial charge in [-0.05, 0) is 68.3 Å². The predicted molar refractivity (Wildman–Crippen MR) is 170 cm³/mol. The van der Waals surface area contributed by atoms with E-state index >= 15 is 0 Å². The van der Waals surface area contributed by atoms with Crippen molar-refractivity contribution in [3.8, 4) is 5.75 Å². The van der Waals surface area contributed by atoms with Gasteiger partial charge in [-0.25, -0.2) is 13.2 Å². The highest BCUT2D eigenvalue weighted by Crippen LogP contribution is 2.39. The van der Waals surface area contributed by atoms with Gasteiger partial charge in [0.25, 0.3) is 27.3 Å². The molecule has 12 nitrogen and oxygen atoms in total. The lowest BCUT2D eigenvalue weighted by Gasteiger charge is -2.26. The molecule has 0 saturated carbocycles. The van der Waals surface area contributed by atoms with Crippen LogP contribution in [0.15, 0.2) is 102 Å². The standard InChI is InChI=1S/C33H25N3O9S/c1-20-18-21(2)31(22(3)19-20)46(43,44)34(32(37)23-8-12-25(13-9-23)35(39)40)29-16-17-30(28-7-5-4-6-27(28)29)45-33(38)24-10-14-26(15-11-24)36(41)42/h4-19H,1-3H3. The lowest BCUT2D eigenvalue weighted by molar-refractivity contribution is -0.385. The number of nitro groups is 2. The highest BCUT2D eigenvalue weighted by molar-refractivity contribution is 7.93. The van der Waals surface area contributed by atoms with Gasteiger partial charge in [0.15, 0.2) is 0 Å². The van der Waals surface area contributed by atoms with Crippen molar-refractivity contribution in [1.29, 1.82) is 0 Å². The van der Waals surface area contributed by atoms with Crippen LogP contribution in [0.2, 0.25) is 0 Å². The van der Waals surface area contributed by atoms with Gasteiger partial charge < -0.3 is 4.74 Å². The Morgan fingerprint density at radius 3 is 1.72 bits per heavy atom. The van der Waals surface area contributed by atoms with Gasteiger partial charge >= 0.3 is 5.97 Å². The first-order valence-corrected chi connectivity index (χ1v) is 15.1. The Balaban J connectivity index is 1.67. The highest BCUT2D eigenvalue weighted by atomic mass is 32.2. The SMILES string of the molecule is Cc1cc(C)c(S(=O)(=O)N(C(=O)c2ccc([N+](=O)[O-])cc2)c2ccc(OC(=O)c3ccc([N+](=O)[O-])cc3)c3ccccc23)c(C)c1. The minimum atomic E-state index is -4.60. The van der Waals surface area contributed by atoms with Crippen LogP contribution in [0.4, 0.5) is 17.1 Å². The number of nitro benzene ring substituents is 2. The van der Waals surface area contributed by atoms with E-state index in [-0.39, 0.29) is 44.2 Å². The molecule has 232 valence electrons. The van der Waals surface area contributed by atoms with Crippen LogP contribution < -0.4 is 9.04 Å². The number of aryl methyl sites for hydroxylation is 3. The summed E-state index contributed by atoms with van der Waals surface area (Å²) in [6, 6.07) is 21.9. The topological polar surface area (TPSA) is 167 Å². The summed E-state index contributed by atoms with van der Waals surface area (Å²) in [7, 11) is -4.60. The van der Waals surface area contributed by atoms with Crippen LogP contribution in [-0.2, 0) is 10.0 Å². The molecule has 0 aliphatic carbocycles. The van der Waals surface area contributed by atoms with Crippen molar-refractivity contribution in [2.75, 3.05) is 4.31 Å². The number of fused-ring (bicyclic) bond motifs is 1. The Bertz CT molecular complexity index is 2140. The summed E-state index contributed by atoms with van der Waals surface area (Å²) in [5.74, 6) is -1.73. The number of non-ortho nitro benzene ring substituents is 2. The Morgan fingerprint density at radius 2 is 1.20 bits per heavy atom. The normalized spacial score (nSPS) is 11.2. The first-order chi connectivity index (χ1) is 21.8. The van der Waals surface area contributed by atoms with Crippen LogP contribution in [0.5, 0.6) is 5.75 Å². The second-order valence-electron chi connectivity index (χ2n) is 10.4. The smallest absolute Gasteiger partial charge is 0.343 e.